The summed E-state index contributed by atoms with van der Waals surface area (Å²) in [6.45, 7) is 4.49. The van der Waals surface area contributed by atoms with Gasteiger partial charge in [0, 0.05) is 44.9 Å². The molecule has 0 spiro atoms. The van der Waals surface area contributed by atoms with Crippen LogP contribution in [0.15, 0.2) is 42.5 Å². The van der Waals surface area contributed by atoms with Crippen molar-refractivity contribution in [2.45, 2.75) is 43.9 Å². The number of piperazine rings is 1. The van der Waals surface area contributed by atoms with Crippen molar-refractivity contribution in [3.05, 3.63) is 53.6 Å². The van der Waals surface area contributed by atoms with Crippen LogP contribution in [0.2, 0.25) is 0 Å². The monoisotopic (exact) mass is 566 g/mol. The van der Waals surface area contributed by atoms with Crippen molar-refractivity contribution in [2.75, 3.05) is 67.3 Å². The average Bonchev–Trinajstić information content (AvgIpc) is 3.23. The molecule has 2 aromatic rings. The molecule has 0 aromatic heterocycles. The molecule has 10 heteroatoms. The van der Waals surface area contributed by atoms with Gasteiger partial charge in [-0.15, -0.1) is 0 Å². The summed E-state index contributed by atoms with van der Waals surface area (Å²) in [6, 6.07) is 16.1. The van der Waals surface area contributed by atoms with Crippen molar-refractivity contribution in [2.24, 2.45) is 0 Å². The number of rotatable bonds is 15. The highest BCUT2D eigenvalue weighted by atomic mass is 16.5. The molecule has 10 nitrogen and oxygen atoms in total. The van der Waals surface area contributed by atoms with Crippen LogP contribution < -0.4 is 19.5 Å². The molecule has 0 radical (unpaired) electrons. The summed E-state index contributed by atoms with van der Waals surface area (Å²) in [7, 11) is 4.86. The van der Waals surface area contributed by atoms with Crippen LogP contribution in [0.1, 0.15) is 42.9 Å². The number of amides is 2. The summed E-state index contributed by atoms with van der Waals surface area (Å²) in [4.78, 5) is 17.3. The number of nitrogens with one attached hydrogen (secondary N) is 1. The molecular formula is C31H42N4O6. The Bertz CT molecular complexity index is 1140. The summed E-state index contributed by atoms with van der Waals surface area (Å²) < 4.78 is 27.7. The first kappa shape index (κ1) is 30.4. The summed E-state index contributed by atoms with van der Waals surface area (Å²) in [5, 5.41) is 12.2. The molecule has 2 aliphatic heterocycles. The van der Waals surface area contributed by atoms with Gasteiger partial charge in [-0.25, -0.2) is 4.79 Å². The lowest BCUT2D eigenvalue weighted by Crippen LogP contribution is -2.57. The number of methoxy groups -OCH3 is 3. The number of benzene rings is 2. The molecule has 0 saturated carbocycles. The smallest absolute Gasteiger partial charge is 0.317 e. The van der Waals surface area contributed by atoms with E-state index in [4.69, 9.17) is 23.7 Å². The normalized spacial score (nSPS) is 18.9. The zero-order chi connectivity index (χ0) is 29.0. The molecule has 2 amide bonds. The van der Waals surface area contributed by atoms with Gasteiger partial charge in [-0.1, -0.05) is 12.1 Å². The van der Waals surface area contributed by atoms with E-state index in [9.17, 15) is 10.1 Å². The average molecular weight is 567 g/mol. The first-order valence-corrected chi connectivity index (χ1v) is 14.3. The number of hydrogen-bond acceptors (Lipinski definition) is 8. The maximum atomic E-state index is 12.7. The van der Waals surface area contributed by atoms with Gasteiger partial charge in [0.2, 0.25) is 0 Å². The quantitative estimate of drug-likeness (QED) is 0.323. The van der Waals surface area contributed by atoms with Gasteiger partial charge >= 0.3 is 6.03 Å². The molecule has 2 fully saturated rings. The van der Waals surface area contributed by atoms with E-state index in [0.717, 1.165) is 50.9 Å². The second-order valence-electron chi connectivity index (χ2n) is 10.4. The lowest BCUT2D eigenvalue weighted by atomic mass is 10.0. The Kier molecular flexibility index (Phi) is 11.5. The van der Waals surface area contributed by atoms with E-state index in [1.54, 1.807) is 21.3 Å². The lowest BCUT2D eigenvalue weighted by Gasteiger charge is -2.41. The Balaban J connectivity index is 1.32. The number of nitrogens with zero attached hydrogens (tertiary/aromatic N) is 3. The molecule has 41 heavy (non-hydrogen) atoms. The Morgan fingerprint density at radius 3 is 2.39 bits per heavy atom. The second-order valence-corrected chi connectivity index (χ2v) is 10.4. The zero-order valence-electron chi connectivity index (χ0n) is 24.3. The number of likely N-dealkylation sites (tertiary alicyclic amines) is 1. The predicted molar refractivity (Wildman–Crippen MR) is 154 cm³/mol. The van der Waals surface area contributed by atoms with E-state index in [2.05, 4.69) is 16.3 Å². The third-order valence-corrected chi connectivity index (χ3v) is 7.80. The Hall–Kier alpha value is -3.52. The molecule has 0 aliphatic carbocycles. The number of ether oxygens (including phenoxy) is 5. The summed E-state index contributed by atoms with van der Waals surface area (Å²) >= 11 is 0. The maximum absolute atomic E-state index is 12.7. The van der Waals surface area contributed by atoms with E-state index in [1.165, 1.54) is 0 Å². The standard InChI is InChI=1S/C31H42N4O6/c1-37-17-18-40-16-14-33-31(36)34-21-25-10-11-26(22-34)35(25)15-4-5-28(24-8-6-23(20-32)7-9-24)41-27-12-13-29(38-2)30(19-27)39-3/h6-9,12-13,19,25-26,28H,4-5,10-11,14-18,21-22H2,1-3H3,(H,33,36). The molecule has 3 atom stereocenters. The molecular weight excluding hydrogens is 524 g/mol. The maximum Gasteiger partial charge on any atom is 0.317 e. The van der Waals surface area contributed by atoms with Crippen LogP contribution in [-0.4, -0.2) is 95.2 Å². The van der Waals surface area contributed by atoms with Crippen molar-refractivity contribution >= 4 is 6.03 Å². The largest absolute Gasteiger partial charge is 0.493 e. The molecule has 2 saturated heterocycles. The summed E-state index contributed by atoms with van der Waals surface area (Å²) in [6.07, 6.45) is 3.78. The minimum Gasteiger partial charge on any atom is -0.493 e. The highest BCUT2D eigenvalue weighted by Crippen LogP contribution is 2.35. The number of fused-ring (bicyclic) bond motifs is 2. The summed E-state index contributed by atoms with van der Waals surface area (Å²) in [5.41, 5.74) is 1.64. The van der Waals surface area contributed by atoms with Gasteiger partial charge in [0.05, 0.1) is 45.7 Å². The van der Waals surface area contributed by atoms with Gasteiger partial charge < -0.3 is 33.9 Å². The first-order chi connectivity index (χ1) is 20.1. The number of nitriles is 1. The van der Waals surface area contributed by atoms with Crippen LogP contribution >= 0.6 is 0 Å². The minimum absolute atomic E-state index is 0.0129. The van der Waals surface area contributed by atoms with Crippen LogP contribution in [0.5, 0.6) is 17.2 Å². The van der Waals surface area contributed by atoms with Crippen LogP contribution in [0.4, 0.5) is 4.79 Å². The van der Waals surface area contributed by atoms with Crippen molar-refractivity contribution in [3.8, 4) is 23.3 Å². The van der Waals surface area contributed by atoms with Gasteiger partial charge in [0.15, 0.2) is 11.5 Å². The molecule has 2 aromatic carbocycles. The first-order valence-electron chi connectivity index (χ1n) is 14.3. The molecule has 2 aliphatic rings. The van der Waals surface area contributed by atoms with E-state index in [-0.39, 0.29) is 12.1 Å². The fourth-order valence-electron chi connectivity index (χ4n) is 5.69. The van der Waals surface area contributed by atoms with Crippen molar-refractivity contribution in [3.63, 3.8) is 0 Å². The molecule has 4 rings (SSSR count). The van der Waals surface area contributed by atoms with Crippen LogP contribution in [-0.2, 0) is 9.47 Å². The van der Waals surface area contributed by atoms with Crippen LogP contribution in [0.3, 0.4) is 0 Å². The number of hydrogen-bond donors (Lipinski definition) is 1. The third kappa shape index (κ3) is 8.26. The van der Waals surface area contributed by atoms with Gasteiger partial charge in [-0.2, -0.15) is 5.26 Å². The van der Waals surface area contributed by atoms with Crippen LogP contribution in [0, 0.1) is 11.3 Å². The topological polar surface area (TPSA) is 106 Å². The fraction of sp³-hybridized carbons (Fsp3) is 0.548. The van der Waals surface area contributed by atoms with Gasteiger partial charge in [0.25, 0.3) is 0 Å². The number of urea groups is 1. The van der Waals surface area contributed by atoms with E-state index < -0.39 is 0 Å². The molecule has 1 N–H and O–H groups in total. The SMILES string of the molecule is COCCOCCNC(=O)N1CC2CCC(C1)N2CCCC(Oc1ccc(OC)c(OC)c1)c1ccc(C#N)cc1. The zero-order valence-corrected chi connectivity index (χ0v) is 24.3. The Morgan fingerprint density at radius 1 is 1.00 bits per heavy atom. The molecule has 3 unspecified atom stereocenters. The van der Waals surface area contributed by atoms with Gasteiger partial charge in [-0.05, 0) is 62.1 Å². The number of carbonyl (C=O) groups is 1. The lowest BCUT2D eigenvalue weighted by molar-refractivity contribution is 0.0666. The van der Waals surface area contributed by atoms with E-state index in [0.29, 0.717) is 61.3 Å². The predicted octanol–water partition coefficient (Wildman–Crippen LogP) is 4.00. The number of carbonyl (C=O) groups excluding carboxylic acids is 1. The highest BCUT2D eigenvalue weighted by molar-refractivity contribution is 5.74. The van der Waals surface area contributed by atoms with Gasteiger partial charge in [0.1, 0.15) is 11.9 Å². The summed E-state index contributed by atoms with van der Waals surface area (Å²) in [5.74, 6) is 1.95. The molecule has 2 bridgehead atoms. The van der Waals surface area contributed by atoms with Crippen LogP contribution in [0.25, 0.3) is 0 Å². The third-order valence-electron chi connectivity index (χ3n) is 7.80. The molecule has 2 heterocycles. The van der Waals surface area contributed by atoms with E-state index in [1.807, 2.05) is 47.4 Å². The van der Waals surface area contributed by atoms with Crippen molar-refractivity contribution in [1.82, 2.24) is 15.1 Å². The highest BCUT2D eigenvalue weighted by Gasteiger charge is 2.40. The fourth-order valence-corrected chi connectivity index (χ4v) is 5.69. The Labute approximate surface area is 243 Å². The second kappa shape index (κ2) is 15.5. The van der Waals surface area contributed by atoms with Crippen molar-refractivity contribution in [1.29, 1.82) is 5.26 Å². The minimum atomic E-state index is -0.184. The van der Waals surface area contributed by atoms with E-state index >= 15 is 0 Å². The van der Waals surface area contributed by atoms with Crippen molar-refractivity contribution < 1.29 is 28.5 Å². The van der Waals surface area contributed by atoms with Gasteiger partial charge in [-0.3, -0.25) is 4.90 Å². The molecule has 222 valence electrons. The Morgan fingerprint density at radius 2 is 1.73 bits per heavy atom.